The van der Waals surface area contributed by atoms with Gasteiger partial charge in [0.15, 0.2) is 0 Å². The molecular weight excluding hydrogens is 274 g/mol. The summed E-state index contributed by atoms with van der Waals surface area (Å²) in [5.41, 5.74) is 1.85. The van der Waals surface area contributed by atoms with Crippen molar-refractivity contribution in [3.05, 3.63) is 33.1 Å². The molecule has 2 aromatic heterocycles. The van der Waals surface area contributed by atoms with Gasteiger partial charge in [-0.1, -0.05) is 5.16 Å². The summed E-state index contributed by atoms with van der Waals surface area (Å²) in [6.45, 7) is 3.86. The first-order valence-corrected chi connectivity index (χ1v) is 7.61. The Kier molecular flexibility index (Phi) is 3.56. The summed E-state index contributed by atoms with van der Waals surface area (Å²) in [6.07, 6.45) is 3.36. The number of hydrogen-bond acceptors (Lipinski definition) is 5. The highest BCUT2D eigenvalue weighted by Gasteiger charge is 2.25. The van der Waals surface area contributed by atoms with Crippen molar-refractivity contribution in [2.75, 3.05) is 0 Å². The molecule has 0 fully saturated rings. The first kappa shape index (κ1) is 13.3. The summed E-state index contributed by atoms with van der Waals surface area (Å²) >= 11 is 1.74. The third-order valence-electron chi connectivity index (χ3n) is 3.41. The van der Waals surface area contributed by atoms with Gasteiger partial charge in [-0.3, -0.25) is 4.79 Å². The SMILES string of the molecule is Cc1cc(CC(=O)N[C@H]2CCCc3sc(C)nc32)on1. The molecule has 0 aromatic carbocycles. The maximum absolute atomic E-state index is 12.1. The maximum atomic E-state index is 12.1. The smallest absolute Gasteiger partial charge is 0.228 e. The Morgan fingerprint density at radius 3 is 3.15 bits per heavy atom. The van der Waals surface area contributed by atoms with Crippen LogP contribution in [0.4, 0.5) is 0 Å². The lowest BCUT2D eigenvalue weighted by Crippen LogP contribution is -2.32. The van der Waals surface area contributed by atoms with E-state index in [9.17, 15) is 4.79 Å². The van der Waals surface area contributed by atoms with Gasteiger partial charge in [0, 0.05) is 10.9 Å². The van der Waals surface area contributed by atoms with E-state index in [-0.39, 0.29) is 18.4 Å². The fraction of sp³-hybridized carbons (Fsp3) is 0.500. The molecule has 20 heavy (non-hydrogen) atoms. The van der Waals surface area contributed by atoms with Crippen LogP contribution in [0, 0.1) is 13.8 Å². The molecule has 1 N–H and O–H groups in total. The molecule has 0 unspecified atom stereocenters. The summed E-state index contributed by atoms with van der Waals surface area (Å²) in [5.74, 6) is 0.565. The summed E-state index contributed by atoms with van der Waals surface area (Å²) in [6, 6.07) is 1.83. The van der Waals surface area contributed by atoms with Crippen LogP contribution in [0.15, 0.2) is 10.6 Å². The third kappa shape index (κ3) is 2.75. The van der Waals surface area contributed by atoms with Crippen molar-refractivity contribution in [1.29, 1.82) is 0 Å². The lowest BCUT2D eigenvalue weighted by molar-refractivity contribution is -0.121. The van der Waals surface area contributed by atoms with Gasteiger partial charge in [0.1, 0.15) is 5.76 Å². The molecule has 5 nitrogen and oxygen atoms in total. The zero-order chi connectivity index (χ0) is 14.1. The molecule has 1 atom stereocenters. The number of carbonyl (C=O) groups excluding carboxylic acids is 1. The van der Waals surface area contributed by atoms with E-state index < -0.39 is 0 Å². The summed E-state index contributed by atoms with van der Waals surface area (Å²) in [7, 11) is 0. The van der Waals surface area contributed by atoms with E-state index in [1.807, 2.05) is 13.8 Å². The van der Waals surface area contributed by atoms with Gasteiger partial charge in [0.05, 0.1) is 28.9 Å². The largest absolute Gasteiger partial charge is 0.361 e. The Morgan fingerprint density at radius 1 is 1.55 bits per heavy atom. The highest BCUT2D eigenvalue weighted by atomic mass is 32.1. The van der Waals surface area contributed by atoms with E-state index in [4.69, 9.17) is 4.52 Å². The number of nitrogens with one attached hydrogen (secondary N) is 1. The molecule has 1 aliphatic rings. The molecule has 0 radical (unpaired) electrons. The van der Waals surface area contributed by atoms with Crippen LogP contribution in [0.1, 0.15) is 45.9 Å². The van der Waals surface area contributed by atoms with Crippen LogP contribution in [0.25, 0.3) is 0 Å². The van der Waals surface area contributed by atoms with Crippen LogP contribution in [0.3, 0.4) is 0 Å². The van der Waals surface area contributed by atoms with Crippen molar-refractivity contribution in [3.63, 3.8) is 0 Å². The molecule has 1 amide bonds. The van der Waals surface area contributed by atoms with Crippen molar-refractivity contribution >= 4 is 17.2 Å². The molecule has 0 aliphatic heterocycles. The quantitative estimate of drug-likeness (QED) is 0.943. The fourth-order valence-corrected chi connectivity index (χ4v) is 3.62. The number of amides is 1. The second kappa shape index (κ2) is 5.36. The minimum Gasteiger partial charge on any atom is -0.361 e. The van der Waals surface area contributed by atoms with Gasteiger partial charge in [-0.05, 0) is 33.1 Å². The van der Waals surface area contributed by atoms with Crippen molar-refractivity contribution in [2.45, 2.75) is 45.6 Å². The maximum Gasteiger partial charge on any atom is 0.228 e. The number of rotatable bonds is 3. The molecule has 0 bridgehead atoms. The molecule has 0 saturated carbocycles. The molecule has 2 heterocycles. The lowest BCUT2D eigenvalue weighted by atomic mass is 9.97. The normalized spacial score (nSPS) is 17.8. The van der Waals surface area contributed by atoms with Gasteiger partial charge in [0.25, 0.3) is 0 Å². The molecule has 0 spiro atoms. The summed E-state index contributed by atoms with van der Waals surface area (Å²) in [4.78, 5) is 18.0. The Hall–Kier alpha value is -1.69. The molecule has 2 aromatic rings. The molecule has 6 heteroatoms. The minimum absolute atomic E-state index is 0.0374. The Labute approximate surface area is 121 Å². The Bertz CT molecular complexity index is 632. The second-order valence-electron chi connectivity index (χ2n) is 5.17. The monoisotopic (exact) mass is 291 g/mol. The number of aryl methyl sites for hydroxylation is 3. The standard InChI is InChI=1S/C14H17N3O2S/c1-8-6-10(19-17-8)7-13(18)16-11-4-3-5-12-14(11)15-9(2)20-12/h6,11H,3-5,7H2,1-2H3,(H,16,18)/t11-/m0/s1. The van der Waals surface area contributed by atoms with Crippen LogP contribution in [-0.2, 0) is 17.6 Å². The topological polar surface area (TPSA) is 68.0 Å². The Morgan fingerprint density at radius 2 is 2.40 bits per heavy atom. The number of carbonyl (C=O) groups is 1. The van der Waals surface area contributed by atoms with E-state index in [0.29, 0.717) is 5.76 Å². The second-order valence-corrected chi connectivity index (χ2v) is 6.45. The van der Waals surface area contributed by atoms with Crippen molar-refractivity contribution < 1.29 is 9.32 Å². The number of hydrogen-bond donors (Lipinski definition) is 1. The number of fused-ring (bicyclic) bond motifs is 1. The first-order valence-electron chi connectivity index (χ1n) is 6.79. The van der Waals surface area contributed by atoms with Crippen molar-refractivity contribution in [1.82, 2.24) is 15.5 Å². The number of thiazole rings is 1. The van der Waals surface area contributed by atoms with E-state index in [1.54, 1.807) is 17.4 Å². The molecule has 3 rings (SSSR count). The van der Waals surface area contributed by atoms with Crippen molar-refractivity contribution in [3.8, 4) is 0 Å². The zero-order valence-corrected chi connectivity index (χ0v) is 12.4. The van der Waals surface area contributed by atoms with Gasteiger partial charge >= 0.3 is 0 Å². The third-order valence-corrected chi connectivity index (χ3v) is 4.45. The van der Waals surface area contributed by atoms with Crippen LogP contribution in [0.5, 0.6) is 0 Å². The molecular formula is C14H17N3O2S. The van der Waals surface area contributed by atoms with Crippen LogP contribution in [-0.4, -0.2) is 16.0 Å². The van der Waals surface area contributed by atoms with Crippen LogP contribution in [0.2, 0.25) is 0 Å². The van der Waals surface area contributed by atoms with E-state index in [2.05, 4.69) is 15.5 Å². The minimum atomic E-state index is -0.0374. The van der Waals surface area contributed by atoms with Gasteiger partial charge < -0.3 is 9.84 Å². The predicted octanol–water partition coefficient (Wildman–Crippen LogP) is 2.48. The van der Waals surface area contributed by atoms with Crippen LogP contribution < -0.4 is 5.32 Å². The average molecular weight is 291 g/mol. The highest BCUT2D eigenvalue weighted by Crippen LogP contribution is 2.32. The van der Waals surface area contributed by atoms with Crippen molar-refractivity contribution in [2.24, 2.45) is 0 Å². The van der Waals surface area contributed by atoms with Crippen LogP contribution >= 0.6 is 11.3 Å². The Balaban J connectivity index is 1.67. The zero-order valence-electron chi connectivity index (χ0n) is 11.6. The molecule has 1 aliphatic carbocycles. The van der Waals surface area contributed by atoms with Gasteiger partial charge in [-0.25, -0.2) is 4.98 Å². The fourth-order valence-electron chi connectivity index (χ4n) is 2.58. The summed E-state index contributed by atoms with van der Waals surface area (Å²) in [5, 5.41) is 7.92. The van der Waals surface area contributed by atoms with Gasteiger partial charge in [0.2, 0.25) is 5.91 Å². The molecule has 0 saturated heterocycles. The van der Waals surface area contributed by atoms with E-state index >= 15 is 0 Å². The predicted molar refractivity (Wildman–Crippen MR) is 75.6 cm³/mol. The van der Waals surface area contributed by atoms with Gasteiger partial charge in [-0.2, -0.15) is 0 Å². The lowest BCUT2D eigenvalue weighted by Gasteiger charge is -2.22. The average Bonchev–Trinajstić information content (AvgIpc) is 2.95. The van der Waals surface area contributed by atoms with E-state index in [0.717, 1.165) is 35.7 Å². The highest BCUT2D eigenvalue weighted by molar-refractivity contribution is 7.11. The molecule has 106 valence electrons. The number of aromatic nitrogens is 2. The van der Waals surface area contributed by atoms with E-state index in [1.165, 1.54) is 4.88 Å². The number of nitrogens with zero attached hydrogens (tertiary/aromatic N) is 2. The summed E-state index contributed by atoms with van der Waals surface area (Å²) < 4.78 is 5.07. The first-order chi connectivity index (χ1) is 9.61. The van der Waals surface area contributed by atoms with Gasteiger partial charge in [-0.15, -0.1) is 11.3 Å².